The van der Waals surface area contributed by atoms with Gasteiger partial charge in [0.05, 0.1) is 21.2 Å². The van der Waals surface area contributed by atoms with Gasteiger partial charge in [-0.3, -0.25) is 0 Å². The molecule has 0 heterocycles. The van der Waals surface area contributed by atoms with Crippen molar-refractivity contribution >= 4 is 35.1 Å². The fourth-order valence-electron chi connectivity index (χ4n) is 3.12. The van der Waals surface area contributed by atoms with Gasteiger partial charge in [-0.25, -0.2) is 9.59 Å². The Morgan fingerprint density at radius 3 is 1.16 bits per heavy atom. The lowest BCUT2D eigenvalue weighted by atomic mass is 9.78. The van der Waals surface area contributed by atoms with Crippen LogP contribution in [-0.2, 0) is 5.41 Å². The minimum Gasteiger partial charge on any atom is -0.506 e. The molecule has 0 unspecified atom stereocenters. The molecule has 0 aromatic heterocycles. The van der Waals surface area contributed by atoms with Gasteiger partial charge >= 0.3 is 11.9 Å². The summed E-state index contributed by atoms with van der Waals surface area (Å²) in [6.07, 6.45) is 0. The topological polar surface area (TPSA) is 115 Å². The van der Waals surface area contributed by atoms with Crippen LogP contribution in [0.15, 0.2) is 97.1 Å². The van der Waals surface area contributed by atoms with Gasteiger partial charge < -0.3 is 20.4 Å². The van der Waals surface area contributed by atoms with Crippen LogP contribution in [0.5, 0.6) is 11.5 Å². The average Bonchev–Trinajstić information content (AvgIpc) is 2.89. The van der Waals surface area contributed by atoms with E-state index in [0.717, 1.165) is 11.1 Å². The summed E-state index contributed by atoms with van der Waals surface area (Å²) in [5, 5.41) is 36.3. The highest BCUT2D eigenvalue weighted by Gasteiger charge is 2.24. The van der Waals surface area contributed by atoms with Crippen LogP contribution in [0.25, 0.3) is 0 Å². The van der Waals surface area contributed by atoms with Crippen LogP contribution < -0.4 is 0 Å². The number of hydrogen-bond donors (Lipinski definition) is 4. The SMILES string of the molecule is CC(C)(c1ccc(O)c(Cl)c1)c1ccc(O)c(Cl)c1.O=C(O)c1ccccc1.O=C(O)c1ccccc1. The molecule has 0 saturated heterocycles. The lowest BCUT2D eigenvalue weighted by Crippen LogP contribution is -2.18. The minimum atomic E-state index is -0.879. The molecule has 4 rings (SSSR count). The summed E-state index contributed by atoms with van der Waals surface area (Å²) in [7, 11) is 0. The molecule has 0 aliphatic carbocycles. The number of carboxylic acid groups (broad SMARTS) is 2. The maximum Gasteiger partial charge on any atom is 0.335 e. The van der Waals surface area contributed by atoms with Crippen LogP contribution in [0.2, 0.25) is 10.0 Å². The first-order chi connectivity index (χ1) is 17.4. The monoisotopic (exact) mass is 540 g/mol. The number of aromatic hydroxyl groups is 2. The summed E-state index contributed by atoms with van der Waals surface area (Å²) in [5.41, 5.74) is 2.23. The van der Waals surface area contributed by atoms with E-state index in [1.54, 1.807) is 84.9 Å². The van der Waals surface area contributed by atoms with Crippen molar-refractivity contribution in [1.29, 1.82) is 0 Å². The van der Waals surface area contributed by atoms with Gasteiger partial charge in [0.25, 0.3) is 0 Å². The molecule has 0 saturated carbocycles. The fraction of sp³-hybridized carbons (Fsp3) is 0.103. The lowest BCUT2D eigenvalue weighted by Gasteiger charge is -2.26. The molecule has 0 spiro atoms. The molecule has 8 heteroatoms. The third kappa shape index (κ3) is 8.56. The van der Waals surface area contributed by atoms with Crippen LogP contribution in [0, 0.1) is 0 Å². The van der Waals surface area contributed by atoms with Crippen LogP contribution >= 0.6 is 23.2 Å². The first-order valence-corrected chi connectivity index (χ1v) is 11.7. The molecule has 4 aromatic rings. The van der Waals surface area contributed by atoms with Crippen LogP contribution in [0.4, 0.5) is 0 Å². The summed E-state index contributed by atoms with van der Waals surface area (Å²) in [6, 6.07) is 26.8. The van der Waals surface area contributed by atoms with E-state index in [-0.39, 0.29) is 16.9 Å². The van der Waals surface area contributed by atoms with Gasteiger partial charge in [-0.15, -0.1) is 0 Å². The van der Waals surface area contributed by atoms with E-state index in [9.17, 15) is 19.8 Å². The molecule has 4 aromatic carbocycles. The van der Waals surface area contributed by atoms with Gasteiger partial charge in [0.2, 0.25) is 0 Å². The van der Waals surface area contributed by atoms with E-state index >= 15 is 0 Å². The number of rotatable bonds is 4. The highest BCUT2D eigenvalue weighted by Crippen LogP contribution is 2.37. The maximum atomic E-state index is 10.2. The van der Waals surface area contributed by atoms with Crippen molar-refractivity contribution in [3.8, 4) is 11.5 Å². The maximum absolute atomic E-state index is 10.2. The zero-order valence-corrected chi connectivity index (χ0v) is 21.6. The largest absolute Gasteiger partial charge is 0.506 e. The number of benzene rings is 4. The third-order valence-electron chi connectivity index (χ3n) is 5.38. The fourth-order valence-corrected chi connectivity index (χ4v) is 3.48. The van der Waals surface area contributed by atoms with E-state index in [4.69, 9.17) is 33.4 Å². The summed E-state index contributed by atoms with van der Waals surface area (Å²) in [6.45, 7) is 4.05. The highest BCUT2D eigenvalue weighted by atomic mass is 35.5. The summed E-state index contributed by atoms with van der Waals surface area (Å²) in [4.78, 5) is 20.4. The van der Waals surface area contributed by atoms with E-state index in [1.165, 1.54) is 0 Å². The van der Waals surface area contributed by atoms with Crippen LogP contribution in [0.1, 0.15) is 45.7 Å². The molecule has 4 N–H and O–H groups in total. The Balaban J connectivity index is 0.000000222. The van der Waals surface area contributed by atoms with Crippen molar-refractivity contribution in [2.45, 2.75) is 19.3 Å². The third-order valence-corrected chi connectivity index (χ3v) is 5.99. The number of halogens is 2. The molecule has 0 radical (unpaired) electrons. The second-order valence-corrected chi connectivity index (χ2v) is 9.11. The number of carbonyl (C=O) groups is 2. The van der Waals surface area contributed by atoms with Crippen molar-refractivity contribution in [2.75, 3.05) is 0 Å². The van der Waals surface area contributed by atoms with Crippen molar-refractivity contribution in [2.24, 2.45) is 0 Å². The highest BCUT2D eigenvalue weighted by molar-refractivity contribution is 6.32. The first kappa shape index (κ1) is 29.2. The zero-order valence-electron chi connectivity index (χ0n) is 20.1. The van der Waals surface area contributed by atoms with Gasteiger partial charge in [0, 0.05) is 5.41 Å². The normalized spacial score (nSPS) is 10.3. The van der Waals surface area contributed by atoms with E-state index in [1.807, 2.05) is 26.0 Å². The smallest absolute Gasteiger partial charge is 0.335 e. The molecule has 0 aliphatic rings. The van der Waals surface area contributed by atoms with E-state index in [2.05, 4.69) is 0 Å². The van der Waals surface area contributed by atoms with Crippen molar-refractivity contribution in [3.05, 3.63) is 129 Å². The Kier molecular flexibility index (Phi) is 10.5. The number of phenols is 2. The molecule has 192 valence electrons. The average molecular weight is 541 g/mol. The Morgan fingerprint density at radius 1 is 0.595 bits per heavy atom. The van der Waals surface area contributed by atoms with Crippen LogP contribution in [0.3, 0.4) is 0 Å². The number of phenolic OH excluding ortho intramolecular Hbond substituents is 2. The van der Waals surface area contributed by atoms with E-state index in [0.29, 0.717) is 21.2 Å². The molecule has 0 aliphatic heterocycles. The summed E-state index contributed by atoms with van der Waals surface area (Å²) >= 11 is 11.9. The summed E-state index contributed by atoms with van der Waals surface area (Å²) < 4.78 is 0. The molecular formula is C29H26Cl2O6. The predicted molar refractivity (Wildman–Crippen MR) is 145 cm³/mol. The van der Waals surface area contributed by atoms with E-state index < -0.39 is 11.9 Å². The molecular weight excluding hydrogens is 515 g/mol. The van der Waals surface area contributed by atoms with Gasteiger partial charge in [-0.1, -0.05) is 85.6 Å². The van der Waals surface area contributed by atoms with Crippen LogP contribution in [-0.4, -0.2) is 32.4 Å². The predicted octanol–water partition coefficient (Wildman–Crippen LogP) is 7.50. The molecule has 0 fully saturated rings. The van der Waals surface area contributed by atoms with Crippen molar-refractivity contribution in [3.63, 3.8) is 0 Å². The Labute approximate surface area is 225 Å². The van der Waals surface area contributed by atoms with Gasteiger partial charge in [-0.05, 0) is 59.7 Å². The molecule has 0 bridgehead atoms. The van der Waals surface area contributed by atoms with Gasteiger partial charge in [-0.2, -0.15) is 0 Å². The summed E-state index contributed by atoms with van der Waals surface area (Å²) in [5.74, 6) is -1.64. The second-order valence-electron chi connectivity index (χ2n) is 8.30. The minimum absolute atomic E-state index is 0.0601. The van der Waals surface area contributed by atoms with Gasteiger partial charge in [0.15, 0.2) is 0 Å². The molecule has 6 nitrogen and oxygen atoms in total. The lowest BCUT2D eigenvalue weighted by molar-refractivity contribution is 0.0686. The Hall–Kier alpha value is -4.00. The van der Waals surface area contributed by atoms with Gasteiger partial charge in [0.1, 0.15) is 11.5 Å². The quantitative estimate of drug-likeness (QED) is 0.213. The molecule has 37 heavy (non-hydrogen) atoms. The Morgan fingerprint density at radius 2 is 0.919 bits per heavy atom. The first-order valence-electron chi connectivity index (χ1n) is 11.0. The number of carboxylic acids is 2. The standard InChI is InChI=1S/C15H14Cl2O2.2C7H6O2/c1-15(2,9-3-5-13(18)11(16)7-9)10-4-6-14(19)12(17)8-10;2*8-7(9)6-4-2-1-3-5-6/h3-8,18-19H,1-2H3;2*1-5H,(H,8,9). The van der Waals surface area contributed by atoms with Crippen molar-refractivity contribution in [1.82, 2.24) is 0 Å². The van der Waals surface area contributed by atoms with Crippen molar-refractivity contribution < 1.29 is 30.0 Å². The second kappa shape index (κ2) is 13.3. The molecule has 0 atom stereocenters. The Bertz CT molecular complexity index is 1240. The molecule has 0 amide bonds. The number of hydrogen-bond acceptors (Lipinski definition) is 4. The zero-order chi connectivity index (χ0) is 27.6. The number of aromatic carboxylic acids is 2.